The van der Waals surface area contributed by atoms with Crippen molar-refractivity contribution >= 4 is 11.8 Å². The minimum Gasteiger partial charge on any atom is -0.475 e. The zero-order chi connectivity index (χ0) is 13.0. The van der Waals surface area contributed by atoms with Gasteiger partial charge in [-0.05, 0) is 23.5 Å². The smallest absolute Gasteiger partial charge is 0.372 e. The van der Waals surface area contributed by atoms with Crippen LogP contribution in [0.4, 0.5) is 0 Å². The molecule has 1 atom stereocenters. The largest absolute Gasteiger partial charge is 0.475 e. The van der Waals surface area contributed by atoms with Crippen LogP contribution in [0.2, 0.25) is 0 Å². The summed E-state index contributed by atoms with van der Waals surface area (Å²) in [5.74, 6) is -2.13. The molecule has 92 valence electrons. The van der Waals surface area contributed by atoms with E-state index in [2.05, 4.69) is 13.8 Å². The standard InChI is InChI=1S/C14H18O3/c1-9(2)8-11-4-6-12(7-5-11)10(3)13(15)14(16)17/h4-7,9-10H,8H2,1-3H3,(H,16,17)/t10-/m0/s1. The second-order valence-corrected chi connectivity index (χ2v) is 4.73. The van der Waals surface area contributed by atoms with Crippen molar-refractivity contribution in [2.45, 2.75) is 33.1 Å². The van der Waals surface area contributed by atoms with Gasteiger partial charge in [-0.15, -0.1) is 0 Å². The second kappa shape index (κ2) is 5.62. The summed E-state index contributed by atoms with van der Waals surface area (Å²) in [6, 6.07) is 7.59. The molecule has 0 spiro atoms. The maximum atomic E-state index is 11.3. The lowest BCUT2D eigenvalue weighted by Gasteiger charge is -2.10. The van der Waals surface area contributed by atoms with Gasteiger partial charge in [0.05, 0.1) is 5.92 Å². The molecular formula is C14H18O3. The predicted octanol–water partition coefficient (Wildman–Crippen LogP) is 2.64. The third-order valence-corrected chi connectivity index (χ3v) is 2.73. The molecule has 0 aliphatic rings. The fourth-order valence-electron chi connectivity index (χ4n) is 1.75. The summed E-state index contributed by atoms with van der Waals surface area (Å²) in [4.78, 5) is 21.9. The maximum absolute atomic E-state index is 11.3. The Bertz CT molecular complexity index is 404. The third-order valence-electron chi connectivity index (χ3n) is 2.73. The van der Waals surface area contributed by atoms with Crippen LogP contribution in [0.5, 0.6) is 0 Å². The monoisotopic (exact) mass is 234 g/mol. The number of benzene rings is 1. The van der Waals surface area contributed by atoms with E-state index in [1.165, 1.54) is 5.56 Å². The number of carbonyl (C=O) groups excluding carboxylic acids is 1. The number of hydrogen-bond donors (Lipinski definition) is 1. The van der Waals surface area contributed by atoms with Crippen LogP contribution in [0.25, 0.3) is 0 Å². The summed E-state index contributed by atoms with van der Waals surface area (Å²) in [5.41, 5.74) is 1.96. The van der Waals surface area contributed by atoms with Crippen molar-refractivity contribution in [3.63, 3.8) is 0 Å². The van der Waals surface area contributed by atoms with E-state index in [0.29, 0.717) is 5.92 Å². The normalized spacial score (nSPS) is 12.5. The Kier molecular flexibility index (Phi) is 4.44. The molecular weight excluding hydrogens is 216 g/mol. The fourth-order valence-corrected chi connectivity index (χ4v) is 1.75. The Hall–Kier alpha value is -1.64. The van der Waals surface area contributed by atoms with Crippen molar-refractivity contribution in [3.05, 3.63) is 35.4 Å². The number of carbonyl (C=O) groups is 2. The van der Waals surface area contributed by atoms with Gasteiger partial charge in [-0.2, -0.15) is 0 Å². The number of Topliss-reactive ketones (excluding diaryl/α,β-unsaturated/α-hetero) is 1. The van der Waals surface area contributed by atoms with Crippen LogP contribution in [0, 0.1) is 5.92 Å². The molecule has 0 aromatic heterocycles. The highest BCUT2D eigenvalue weighted by Crippen LogP contribution is 2.18. The minimum atomic E-state index is -1.37. The van der Waals surface area contributed by atoms with E-state index < -0.39 is 17.7 Å². The van der Waals surface area contributed by atoms with Crippen molar-refractivity contribution in [2.24, 2.45) is 5.92 Å². The van der Waals surface area contributed by atoms with Gasteiger partial charge in [0.1, 0.15) is 0 Å². The van der Waals surface area contributed by atoms with Gasteiger partial charge in [-0.25, -0.2) is 4.79 Å². The molecule has 0 saturated carbocycles. The van der Waals surface area contributed by atoms with Crippen LogP contribution in [-0.4, -0.2) is 16.9 Å². The Labute approximate surface area is 101 Å². The zero-order valence-corrected chi connectivity index (χ0v) is 10.4. The average molecular weight is 234 g/mol. The Morgan fingerprint density at radius 3 is 2.06 bits per heavy atom. The first kappa shape index (κ1) is 13.4. The maximum Gasteiger partial charge on any atom is 0.372 e. The van der Waals surface area contributed by atoms with E-state index in [4.69, 9.17) is 5.11 Å². The van der Waals surface area contributed by atoms with E-state index in [0.717, 1.165) is 12.0 Å². The van der Waals surface area contributed by atoms with Gasteiger partial charge in [0.15, 0.2) is 0 Å². The minimum absolute atomic E-state index is 0.582. The SMILES string of the molecule is CC(C)Cc1ccc([C@H](C)C(=O)C(=O)O)cc1. The van der Waals surface area contributed by atoms with Gasteiger partial charge in [0, 0.05) is 0 Å². The Morgan fingerprint density at radius 1 is 1.12 bits per heavy atom. The molecule has 0 heterocycles. The molecule has 0 aliphatic heterocycles. The highest BCUT2D eigenvalue weighted by Gasteiger charge is 2.21. The van der Waals surface area contributed by atoms with E-state index in [-0.39, 0.29) is 0 Å². The summed E-state index contributed by atoms with van der Waals surface area (Å²) < 4.78 is 0. The first-order valence-corrected chi connectivity index (χ1v) is 5.77. The van der Waals surface area contributed by atoms with E-state index >= 15 is 0 Å². The lowest BCUT2D eigenvalue weighted by molar-refractivity contribution is -0.149. The molecule has 0 aliphatic carbocycles. The zero-order valence-electron chi connectivity index (χ0n) is 10.4. The number of carboxylic acids is 1. The van der Waals surface area contributed by atoms with Gasteiger partial charge in [-0.1, -0.05) is 45.0 Å². The highest BCUT2D eigenvalue weighted by molar-refractivity contribution is 6.34. The third kappa shape index (κ3) is 3.70. The number of rotatable bonds is 5. The van der Waals surface area contributed by atoms with Gasteiger partial charge < -0.3 is 5.11 Å². The molecule has 0 unspecified atom stereocenters. The molecule has 1 rings (SSSR count). The molecule has 3 heteroatoms. The van der Waals surface area contributed by atoms with Crippen LogP contribution in [-0.2, 0) is 16.0 Å². The molecule has 0 bridgehead atoms. The Balaban J connectivity index is 2.80. The summed E-state index contributed by atoms with van der Waals surface area (Å²) in [6.45, 7) is 5.91. The van der Waals surface area contributed by atoms with Crippen molar-refractivity contribution in [3.8, 4) is 0 Å². The summed E-state index contributed by atoms with van der Waals surface area (Å²) >= 11 is 0. The van der Waals surface area contributed by atoms with E-state index in [1.807, 2.05) is 24.3 Å². The molecule has 0 amide bonds. The van der Waals surface area contributed by atoms with Gasteiger partial charge in [0.2, 0.25) is 5.78 Å². The van der Waals surface area contributed by atoms with Gasteiger partial charge >= 0.3 is 5.97 Å². The molecule has 17 heavy (non-hydrogen) atoms. The fraction of sp³-hybridized carbons (Fsp3) is 0.429. The van der Waals surface area contributed by atoms with Crippen molar-refractivity contribution in [1.82, 2.24) is 0 Å². The number of aliphatic carboxylic acids is 1. The predicted molar refractivity (Wildman–Crippen MR) is 66.0 cm³/mol. The Morgan fingerprint density at radius 2 is 1.65 bits per heavy atom. The topological polar surface area (TPSA) is 54.4 Å². The summed E-state index contributed by atoms with van der Waals surface area (Å²) in [5, 5.41) is 8.64. The van der Waals surface area contributed by atoms with Crippen LogP contribution in [0.3, 0.4) is 0 Å². The second-order valence-electron chi connectivity index (χ2n) is 4.73. The van der Waals surface area contributed by atoms with Crippen LogP contribution >= 0.6 is 0 Å². The van der Waals surface area contributed by atoms with Crippen LogP contribution in [0.15, 0.2) is 24.3 Å². The lowest BCUT2D eigenvalue weighted by Crippen LogP contribution is -2.19. The van der Waals surface area contributed by atoms with Crippen molar-refractivity contribution < 1.29 is 14.7 Å². The van der Waals surface area contributed by atoms with Crippen LogP contribution < -0.4 is 0 Å². The highest BCUT2D eigenvalue weighted by atomic mass is 16.4. The lowest BCUT2D eigenvalue weighted by atomic mass is 9.94. The molecule has 0 fully saturated rings. The van der Waals surface area contributed by atoms with Crippen molar-refractivity contribution in [1.29, 1.82) is 0 Å². The van der Waals surface area contributed by atoms with E-state index in [9.17, 15) is 9.59 Å². The first-order valence-electron chi connectivity index (χ1n) is 5.77. The molecule has 3 nitrogen and oxygen atoms in total. The molecule has 0 radical (unpaired) electrons. The number of hydrogen-bond acceptors (Lipinski definition) is 2. The molecule has 1 aromatic rings. The summed E-state index contributed by atoms with van der Waals surface area (Å²) in [7, 11) is 0. The first-order chi connectivity index (χ1) is 7.91. The van der Waals surface area contributed by atoms with Gasteiger partial charge in [0.25, 0.3) is 0 Å². The molecule has 1 aromatic carbocycles. The average Bonchev–Trinajstić information content (AvgIpc) is 2.27. The number of carboxylic acid groups (broad SMARTS) is 1. The van der Waals surface area contributed by atoms with Gasteiger partial charge in [-0.3, -0.25) is 4.79 Å². The quantitative estimate of drug-likeness (QED) is 0.797. The molecule has 0 saturated heterocycles. The molecule has 1 N–H and O–H groups in total. The van der Waals surface area contributed by atoms with Crippen molar-refractivity contribution in [2.75, 3.05) is 0 Å². The van der Waals surface area contributed by atoms with E-state index in [1.54, 1.807) is 6.92 Å². The summed E-state index contributed by atoms with van der Waals surface area (Å²) in [6.07, 6.45) is 0.988. The van der Waals surface area contributed by atoms with Crippen LogP contribution in [0.1, 0.15) is 37.8 Å². The number of ketones is 1.